The topological polar surface area (TPSA) is 67.4 Å². The van der Waals surface area contributed by atoms with E-state index in [2.05, 4.69) is 14.7 Å². The molecule has 2 aromatic rings. The molecule has 24 heavy (non-hydrogen) atoms. The van der Waals surface area contributed by atoms with Crippen molar-refractivity contribution >= 4 is 22.7 Å². The Balaban J connectivity index is 1.63. The first-order valence-corrected chi connectivity index (χ1v) is 8.77. The van der Waals surface area contributed by atoms with E-state index in [0.717, 1.165) is 11.4 Å². The Labute approximate surface area is 146 Å². The SMILES string of the molecule is CC(C)(C)c1nsc(NC(=O)N2CCOC(c3ccccc3)C2)n1. The van der Waals surface area contributed by atoms with Crippen LogP contribution in [0.15, 0.2) is 30.3 Å². The molecular formula is C17H22N4O2S. The van der Waals surface area contributed by atoms with Crippen molar-refractivity contribution in [2.45, 2.75) is 32.3 Å². The van der Waals surface area contributed by atoms with E-state index in [1.807, 2.05) is 51.1 Å². The summed E-state index contributed by atoms with van der Waals surface area (Å²) >= 11 is 1.21. The standard InChI is InChI=1S/C17H22N4O2S/c1-17(2,3)14-18-15(24-20-14)19-16(22)21-9-10-23-13(11-21)12-7-5-4-6-8-12/h4-8,13H,9-11H2,1-3H3,(H,18,19,20,22). The van der Waals surface area contributed by atoms with Gasteiger partial charge >= 0.3 is 6.03 Å². The minimum Gasteiger partial charge on any atom is -0.370 e. The van der Waals surface area contributed by atoms with E-state index in [4.69, 9.17) is 4.74 Å². The second-order valence-electron chi connectivity index (χ2n) is 6.82. The highest BCUT2D eigenvalue weighted by atomic mass is 32.1. The quantitative estimate of drug-likeness (QED) is 0.904. The number of carbonyl (C=O) groups excluding carboxylic acids is 1. The Bertz CT molecular complexity index is 696. The molecule has 1 N–H and O–H groups in total. The van der Waals surface area contributed by atoms with E-state index in [-0.39, 0.29) is 17.6 Å². The van der Waals surface area contributed by atoms with Gasteiger partial charge in [-0.25, -0.2) is 9.78 Å². The molecule has 6 nitrogen and oxygen atoms in total. The van der Waals surface area contributed by atoms with Gasteiger partial charge in [-0.05, 0) is 5.56 Å². The lowest BCUT2D eigenvalue weighted by molar-refractivity contribution is -0.0135. The zero-order valence-corrected chi connectivity index (χ0v) is 15.0. The van der Waals surface area contributed by atoms with Gasteiger partial charge < -0.3 is 9.64 Å². The first-order chi connectivity index (χ1) is 11.4. The highest BCUT2D eigenvalue weighted by Crippen LogP contribution is 2.25. The first kappa shape index (κ1) is 16.9. The van der Waals surface area contributed by atoms with Gasteiger partial charge in [0.15, 0.2) is 0 Å². The number of nitrogens with one attached hydrogen (secondary N) is 1. The molecule has 1 aliphatic rings. The molecular weight excluding hydrogens is 324 g/mol. The molecule has 0 radical (unpaired) electrons. The van der Waals surface area contributed by atoms with Gasteiger partial charge in [-0.3, -0.25) is 5.32 Å². The van der Waals surface area contributed by atoms with Gasteiger partial charge in [0.1, 0.15) is 11.9 Å². The van der Waals surface area contributed by atoms with Crippen molar-refractivity contribution in [2.24, 2.45) is 0 Å². The molecule has 0 aliphatic carbocycles. The van der Waals surface area contributed by atoms with Crippen molar-refractivity contribution in [3.63, 3.8) is 0 Å². The molecule has 1 fully saturated rings. The summed E-state index contributed by atoms with van der Waals surface area (Å²) in [6.07, 6.45) is -0.0924. The molecule has 1 aromatic heterocycles. The monoisotopic (exact) mass is 346 g/mol. The van der Waals surface area contributed by atoms with Crippen LogP contribution in [0.4, 0.5) is 9.93 Å². The number of carbonyl (C=O) groups is 1. The molecule has 0 spiro atoms. The van der Waals surface area contributed by atoms with Gasteiger partial charge in [-0.15, -0.1) is 0 Å². The van der Waals surface area contributed by atoms with Crippen LogP contribution in [0.25, 0.3) is 0 Å². The minimum atomic E-state index is -0.157. The molecule has 2 heterocycles. The highest BCUT2D eigenvalue weighted by molar-refractivity contribution is 7.09. The third kappa shape index (κ3) is 3.91. The number of nitrogens with zero attached hydrogens (tertiary/aromatic N) is 3. The lowest BCUT2D eigenvalue weighted by Gasteiger charge is -2.32. The molecule has 1 atom stereocenters. The summed E-state index contributed by atoms with van der Waals surface area (Å²) < 4.78 is 10.1. The maximum Gasteiger partial charge on any atom is 0.323 e. The number of anilines is 1. The Kier molecular flexibility index (Phi) is 4.82. The highest BCUT2D eigenvalue weighted by Gasteiger charge is 2.26. The summed E-state index contributed by atoms with van der Waals surface area (Å²) in [4.78, 5) is 18.7. The largest absolute Gasteiger partial charge is 0.370 e. The van der Waals surface area contributed by atoms with Gasteiger partial charge in [0.05, 0.1) is 13.2 Å². The Hall–Kier alpha value is -1.99. The van der Waals surface area contributed by atoms with Gasteiger partial charge in [0.2, 0.25) is 5.13 Å². The van der Waals surface area contributed by atoms with Crippen molar-refractivity contribution in [2.75, 3.05) is 25.0 Å². The van der Waals surface area contributed by atoms with Crippen LogP contribution in [0, 0.1) is 0 Å². The number of amides is 2. The zero-order valence-electron chi connectivity index (χ0n) is 14.2. The number of ether oxygens (including phenoxy) is 1. The predicted molar refractivity (Wildman–Crippen MR) is 94.3 cm³/mol. The fourth-order valence-electron chi connectivity index (χ4n) is 2.45. The van der Waals surface area contributed by atoms with Crippen LogP contribution >= 0.6 is 11.5 Å². The predicted octanol–water partition coefficient (Wildman–Crippen LogP) is 3.44. The number of morpholine rings is 1. The van der Waals surface area contributed by atoms with Crippen molar-refractivity contribution < 1.29 is 9.53 Å². The van der Waals surface area contributed by atoms with E-state index < -0.39 is 0 Å². The minimum absolute atomic E-state index is 0.0924. The van der Waals surface area contributed by atoms with Crippen molar-refractivity contribution in [1.29, 1.82) is 0 Å². The molecule has 0 saturated carbocycles. The van der Waals surface area contributed by atoms with E-state index in [0.29, 0.717) is 24.8 Å². The van der Waals surface area contributed by atoms with Crippen LogP contribution in [0.3, 0.4) is 0 Å². The van der Waals surface area contributed by atoms with Gasteiger partial charge in [0, 0.05) is 23.5 Å². The molecule has 128 valence electrons. The normalized spacial score (nSPS) is 18.5. The number of hydrogen-bond acceptors (Lipinski definition) is 5. The summed E-state index contributed by atoms with van der Waals surface area (Å²) in [6.45, 7) is 7.77. The fraction of sp³-hybridized carbons (Fsp3) is 0.471. The molecule has 1 aliphatic heterocycles. The summed E-state index contributed by atoms with van der Waals surface area (Å²) in [5.74, 6) is 0.743. The molecule has 7 heteroatoms. The van der Waals surface area contributed by atoms with Crippen LogP contribution in [-0.4, -0.2) is 40.0 Å². The van der Waals surface area contributed by atoms with Crippen LogP contribution in [0.5, 0.6) is 0 Å². The molecule has 1 unspecified atom stereocenters. The van der Waals surface area contributed by atoms with E-state index >= 15 is 0 Å². The van der Waals surface area contributed by atoms with Crippen LogP contribution in [-0.2, 0) is 10.2 Å². The molecule has 0 bridgehead atoms. The maximum absolute atomic E-state index is 12.5. The number of urea groups is 1. The summed E-state index contributed by atoms with van der Waals surface area (Å²) in [7, 11) is 0. The van der Waals surface area contributed by atoms with Gasteiger partial charge in [0.25, 0.3) is 0 Å². The van der Waals surface area contributed by atoms with E-state index in [1.165, 1.54) is 11.5 Å². The van der Waals surface area contributed by atoms with Gasteiger partial charge in [-0.2, -0.15) is 4.37 Å². The molecule has 3 rings (SSSR count). The average Bonchev–Trinajstić information content (AvgIpc) is 3.05. The Morgan fingerprint density at radius 3 is 2.75 bits per heavy atom. The third-order valence-electron chi connectivity index (χ3n) is 3.84. The number of aromatic nitrogens is 2. The number of benzene rings is 1. The van der Waals surface area contributed by atoms with Crippen LogP contribution in [0.1, 0.15) is 38.3 Å². The van der Waals surface area contributed by atoms with Crippen LogP contribution < -0.4 is 5.32 Å². The van der Waals surface area contributed by atoms with E-state index in [1.54, 1.807) is 4.90 Å². The summed E-state index contributed by atoms with van der Waals surface area (Å²) in [6, 6.07) is 9.81. The molecule has 1 saturated heterocycles. The Morgan fingerprint density at radius 2 is 2.08 bits per heavy atom. The average molecular weight is 346 g/mol. The first-order valence-electron chi connectivity index (χ1n) is 8.00. The summed E-state index contributed by atoms with van der Waals surface area (Å²) in [5, 5.41) is 3.39. The maximum atomic E-state index is 12.5. The van der Waals surface area contributed by atoms with E-state index in [9.17, 15) is 4.79 Å². The lowest BCUT2D eigenvalue weighted by Crippen LogP contribution is -2.44. The smallest absolute Gasteiger partial charge is 0.323 e. The van der Waals surface area contributed by atoms with Gasteiger partial charge in [-0.1, -0.05) is 51.1 Å². The molecule has 1 aromatic carbocycles. The molecule has 2 amide bonds. The van der Waals surface area contributed by atoms with Crippen molar-refractivity contribution in [3.05, 3.63) is 41.7 Å². The van der Waals surface area contributed by atoms with Crippen LogP contribution in [0.2, 0.25) is 0 Å². The fourth-order valence-corrected chi connectivity index (χ4v) is 3.20. The van der Waals surface area contributed by atoms with Crippen molar-refractivity contribution in [1.82, 2.24) is 14.3 Å². The second-order valence-corrected chi connectivity index (χ2v) is 7.57. The summed E-state index contributed by atoms with van der Waals surface area (Å²) in [5.41, 5.74) is 0.956. The number of rotatable bonds is 2. The second kappa shape index (κ2) is 6.86. The third-order valence-corrected chi connectivity index (χ3v) is 4.47. The Morgan fingerprint density at radius 1 is 1.33 bits per heavy atom. The zero-order chi connectivity index (χ0) is 17.2. The van der Waals surface area contributed by atoms with Crippen molar-refractivity contribution in [3.8, 4) is 0 Å². The number of hydrogen-bond donors (Lipinski definition) is 1. The lowest BCUT2D eigenvalue weighted by atomic mass is 9.96.